The molecule has 1 aromatic carbocycles. The number of hydrogen-bond acceptors (Lipinski definition) is 3. The van der Waals surface area contributed by atoms with E-state index >= 15 is 0 Å². The first kappa shape index (κ1) is 12.4. The minimum Gasteiger partial charge on any atom is -0.496 e. The fourth-order valence-corrected chi connectivity index (χ4v) is 1.92. The van der Waals surface area contributed by atoms with Gasteiger partial charge in [0.25, 0.3) is 0 Å². The lowest BCUT2D eigenvalue weighted by Crippen LogP contribution is -2.03. The molecule has 0 aliphatic rings. The van der Waals surface area contributed by atoms with E-state index in [2.05, 4.69) is 12.6 Å². The lowest BCUT2D eigenvalue weighted by molar-refractivity contribution is 0.174. The van der Waals surface area contributed by atoms with Gasteiger partial charge in [-0.05, 0) is 48.8 Å². The third kappa shape index (κ3) is 2.67. The van der Waals surface area contributed by atoms with Crippen LogP contribution in [-0.4, -0.2) is 18.0 Å². The molecule has 0 amide bonds. The van der Waals surface area contributed by atoms with E-state index < -0.39 is 6.10 Å². The smallest absolute Gasteiger partial charge is 0.122 e. The summed E-state index contributed by atoms with van der Waals surface area (Å²) in [7, 11) is 1.66. The minimum absolute atomic E-state index is 0.424. The monoisotopic (exact) mass is 226 g/mol. The summed E-state index contributed by atoms with van der Waals surface area (Å²) in [6.45, 7) is 4.01. The second kappa shape index (κ2) is 5.42. The molecular weight excluding hydrogens is 208 g/mol. The van der Waals surface area contributed by atoms with Crippen LogP contribution in [0.15, 0.2) is 12.1 Å². The van der Waals surface area contributed by atoms with Gasteiger partial charge in [0.1, 0.15) is 5.75 Å². The third-order valence-electron chi connectivity index (χ3n) is 2.76. The van der Waals surface area contributed by atoms with Crippen molar-refractivity contribution in [3.05, 3.63) is 28.8 Å². The summed E-state index contributed by atoms with van der Waals surface area (Å²) in [5.41, 5.74) is 3.17. The molecule has 0 aliphatic heterocycles. The van der Waals surface area contributed by atoms with Gasteiger partial charge in [-0.1, -0.05) is 6.07 Å². The van der Waals surface area contributed by atoms with Crippen molar-refractivity contribution in [1.29, 1.82) is 0 Å². The molecule has 15 heavy (non-hydrogen) atoms. The van der Waals surface area contributed by atoms with Gasteiger partial charge in [0, 0.05) is 0 Å². The molecule has 0 saturated carbocycles. The molecule has 84 valence electrons. The largest absolute Gasteiger partial charge is 0.496 e. The molecule has 1 unspecified atom stereocenters. The van der Waals surface area contributed by atoms with Crippen LogP contribution in [-0.2, 0) is 0 Å². The third-order valence-corrected chi connectivity index (χ3v) is 3.02. The number of thiol groups is 1. The molecule has 0 radical (unpaired) electrons. The van der Waals surface area contributed by atoms with Gasteiger partial charge in [0.2, 0.25) is 0 Å². The highest BCUT2D eigenvalue weighted by Crippen LogP contribution is 2.29. The van der Waals surface area contributed by atoms with E-state index in [1.807, 2.05) is 26.0 Å². The van der Waals surface area contributed by atoms with E-state index in [1.165, 1.54) is 0 Å². The summed E-state index contributed by atoms with van der Waals surface area (Å²) in [5, 5.41) is 9.90. The topological polar surface area (TPSA) is 29.5 Å². The number of rotatable bonds is 4. The van der Waals surface area contributed by atoms with Crippen LogP contribution in [0.1, 0.15) is 29.2 Å². The molecule has 0 spiro atoms. The summed E-state index contributed by atoms with van der Waals surface area (Å²) in [4.78, 5) is 0. The zero-order valence-corrected chi connectivity index (χ0v) is 10.3. The molecule has 2 nitrogen and oxygen atoms in total. The van der Waals surface area contributed by atoms with E-state index in [4.69, 9.17) is 4.74 Å². The Bertz CT molecular complexity index is 337. The van der Waals surface area contributed by atoms with Crippen LogP contribution in [0.5, 0.6) is 5.75 Å². The van der Waals surface area contributed by atoms with Crippen molar-refractivity contribution < 1.29 is 9.84 Å². The summed E-state index contributed by atoms with van der Waals surface area (Å²) in [6.07, 6.45) is 0.252. The highest BCUT2D eigenvalue weighted by atomic mass is 32.1. The molecule has 0 aromatic heterocycles. The van der Waals surface area contributed by atoms with E-state index in [1.54, 1.807) is 7.11 Å². The van der Waals surface area contributed by atoms with Crippen molar-refractivity contribution in [2.45, 2.75) is 26.4 Å². The molecule has 0 heterocycles. The summed E-state index contributed by atoms with van der Waals surface area (Å²) < 4.78 is 5.22. The van der Waals surface area contributed by atoms with Crippen LogP contribution in [0.4, 0.5) is 0 Å². The van der Waals surface area contributed by atoms with Crippen LogP contribution >= 0.6 is 12.6 Å². The van der Waals surface area contributed by atoms with Gasteiger partial charge in [0.15, 0.2) is 0 Å². The number of ether oxygens (including phenoxy) is 1. The minimum atomic E-state index is -0.424. The molecular formula is C12H18O2S. The van der Waals surface area contributed by atoms with Crippen LogP contribution in [0.25, 0.3) is 0 Å². The predicted molar refractivity (Wildman–Crippen MR) is 65.9 cm³/mol. The highest BCUT2D eigenvalue weighted by molar-refractivity contribution is 7.80. The second-order valence-corrected chi connectivity index (χ2v) is 4.08. The maximum Gasteiger partial charge on any atom is 0.122 e. The quantitative estimate of drug-likeness (QED) is 0.773. The lowest BCUT2D eigenvalue weighted by Gasteiger charge is -2.16. The van der Waals surface area contributed by atoms with Gasteiger partial charge in [-0.15, -0.1) is 0 Å². The fourth-order valence-electron chi connectivity index (χ4n) is 1.68. The predicted octanol–water partition coefficient (Wildman–Crippen LogP) is 2.67. The van der Waals surface area contributed by atoms with E-state index in [0.717, 1.165) is 22.4 Å². The summed E-state index contributed by atoms with van der Waals surface area (Å²) in [5.74, 6) is 1.56. The van der Waals surface area contributed by atoms with Gasteiger partial charge in [-0.25, -0.2) is 0 Å². The van der Waals surface area contributed by atoms with Gasteiger partial charge in [-0.2, -0.15) is 12.6 Å². The van der Waals surface area contributed by atoms with Gasteiger partial charge in [0.05, 0.1) is 13.2 Å². The summed E-state index contributed by atoms with van der Waals surface area (Å²) >= 11 is 4.12. The molecule has 0 fully saturated rings. The van der Waals surface area contributed by atoms with Gasteiger partial charge < -0.3 is 9.84 Å². The Labute approximate surface area is 96.7 Å². The number of methoxy groups -OCH3 is 1. The van der Waals surface area contributed by atoms with Crippen LogP contribution in [0.3, 0.4) is 0 Å². The standard InChI is InChI=1S/C12H18O2S/c1-8-9(2)12(14-3)5-4-10(8)11(13)6-7-15/h4-5,11,13,15H,6-7H2,1-3H3. The zero-order valence-electron chi connectivity index (χ0n) is 9.45. The Balaban J connectivity index is 3.06. The average molecular weight is 226 g/mol. The Morgan fingerprint density at radius 3 is 2.53 bits per heavy atom. The molecule has 0 aliphatic carbocycles. The molecule has 0 saturated heterocycles. The Morgan fingerprint density at radius 2 is 2.00 bits per heavy atom. The number of aliphatic hydroxyl groups excluding tert-OH is 1. The Hall–Kier alpha value is -0.670. The van der Waals surface area contributed by atoms with Crippen LogP contribution in [0, 0.1) is 13.8 Å². The molecule has 1 aromatic rings. The van der Waals surface area contributed by atoms with Crippen molar-refractivity contribution in [3.63, 3.8) is 0 Å². The Kier molecular flexibility index (Phi) is 4.48. The van der Waals surface area contributed by atoms with Crippen LogP contribution in [0.2, 0.25) is 0 Å². The first-order chi connectivity index (χ1) is 7.11. The molecule has 1 rings (SSSR count). The van der Waals surface area contributed by atoms with E-state index in [-0.39, 0.29) is 0 Å². The first-order valence-electron chi connectivity index (χ1n) is 5.04. The van der Waals surface area contributed by atoms with Crippen molar-refractivity contribution in [3.8, 4) is 5.75 Å². The summed E-state index contributed by atoms with van der Waals surface area (Å²) in [6, 6.07) is 3.83. The Morgan fingerprint density at radius 1 is 1.33 bits per heavy atom. The number of aliphatic hydroxyl groups is 1. The SMILES string of the molecule is COc1ccc(C(O)CCS)c(C)c1C. The molecule has 1 N–H and O–H groups in total. The van der Waals surface area contributed by atoms with Crippen molar-refractivity contribution in [2.75, 3.05) is 12.9 Å². The zero-order chi connectivity index (χ0) is 11.4. The first-order valence-corrected chi connectivity index (χ1v) is 5.68. The van der Waals surface area contributed by atoms with E-state index in [0.29, 0.717) is 12.2 Å². The van der Waals surface area contributed by atoms with E-state index in [9.17, 15) is 5.11 Å². The number of hydrogen-bond donors (Lipinski definition) is 2. The molecule has 1 atom stereocenters. The fraction of sp³-hybridized carbons (Fsp3) is 0.500. The molecule has 3 heteroatoms. The highest BCUT2D eigenvalue weighted by Gasteiger charge is 2.13. The van der Waals surface area contributed by atoms with Crippen molar-refractivity contribution in [1.82, 2.24) is 0 Å². The van der Waals surface area contributed by atoms with Crippen molar-refractivity contribution >= 4 is 12.6 Å². The maximum absolute atomic E-state index is 9.90. The van der Waals surface area contributed by atoms with Gasteiger partial charge in [-0.3, -0.25) is 0 Å². The maximum atomic E-state index is 9.90. The second-order valence-electron chi connectivity index (χ2n) is 3.64. The van der Waals surface area contributed by atoms with Crippen molar-refractivity contribution in [2.24, 2.45) is 0 Å². The average Bonchev–Trinajstić information content (AvgIpc) is 2.22. The van der Waals surface area contributed by atoms with Gasteiger partial charge >= 0.3 is 0 Å². The lowest BCUT2D eigenvalue weighted by atomic mass is 9.97. The number of benzene rings is 1. The molecule has 0 bridgehead atoms. The normalized spacial score (nSPS) is 12.6. The van der Waals surface area contributed by atoms with Crippen LogP contribution < -0.4 is 4.74 Å².